The molecule has 7 nitrogen and oxygen atoms in total. The molecular formula is C32H45FN4O3. The molecule has 0 saturated carbocycles. The number of rotatable bonds is 15. The van der Waals surface area contributed by atoms with E-state index in [4.69, 9.17) is 9.47 Å². The van der Waals surface area contributed by atoms with Gasteiger partial charge in [0, 0.05) is 38.6 Å². The number of aromatic nitrogens is 3. The predicted octanol–water partition coefficient (Wildman–Crippen LogP) is 6.23. The average molecular weight is 553 g/mol. The lowest BCUT2D eigenvalue weighted by atomic mass is 9.65. The lowest BCUT2D eigenvalue weighted by Gasteiger charge is -2.47. The summed E-state index contributed by atoms with van der Waals surface area (Å²) in [5.41, 5.74) is 3.49. The van der Waals surface area contributed by atoms with E-state index in [-0.39, 0.29) is 30.2 Å². The van der Waals surface area contributed by atoms with E-state index in [0.29, 0.717) is 12.8 Å². The lowest BCUT2D eigenvalue weighted by molar-refractivity contribution is -0.172. The van der Waals surface area contributed by atoms with Crippen LogP contribution in [0.3, 0.4) is 0 Å². The van der Waals surface area contributed by atoms with Crippen LogP contribution in [0.1, 0.15) is 81.7 Å². The van der Waals surface area contributed by atoms with Gasteiger partial charge < -0.3 is 19.4 Å². The first-order valence-corrected chi connectivity index (χ1v) is 14.8. The summed E-state index contributed by atoms with van der Waals surface area (Å²) in [4.78, 5) is 27.2. The number of nitrogens with one attached hydrogen (secondary N) is 1. The molecule has 4 rings (SSSR count). The van der Waals surface area contributed by atoms with Crippen LogP contribution in [0, 0.1) is 11.7 Å². The summed E-state index contributed by atoms with van der Waals surface area (Å²) in [6.45, 7) is 6.11. The number of benzene rings is 1. The first kappa shape index (κ1) is 30.1. The maximum absolute atomic E-state index is 14.0. The van der Waals surface area contributed by atoms with Gasteiger partial charge in [0.25, 0.3) is 0 Å². The minimum atomic E-state index is -0.629. The molecular weight excluding hydrogens is 507 g/mol. The second kappa shape index (κ2) is 14.2. The normalized spacial score (nSPS) is 18.9. The topological polar surface area (TPSA) is 80.3 Å². The molecule has 0 amide bonds. The fourth-order valence-corrected chi connectivity index (χ4v) is 6.39. The first-order chi connectivity index (χ1) is 19.3. The standard InChI is InChI=1S/C32H45FN4O3/c1-23(2)31-26-12-11-25(33)20-24(26)13-15-32(31,40-30(38)22-39-4)16-19-37(3)18-9-7-5-6-8-10-29-35-27-14-17-34-21-28(27)36-29/h11-12,14,17,20-21,23,31H,5-10,13,15-16,18-19,22H2,1-4H3,(H,35,36)/t31-,32-/m0/s1. The van der Waals surface area contributed by atoms with Crippen molar-refractivity contribution in [2.24, 2.45) is 5.92 Å². The molecule has 1 aliphatic rings. The van der Waals surface area contributed by atoms with E-state index >= 15 is 0 Å². The number of halogens is 1. The van der Waals surface area contributed by atoms with Crippen molar-refractivity contribution in [3.8, 4) is 0 Å². The average Bonchev–Trinajstić information content (AvgIpc) is 3.34. The first-order valence-electron chi connectivity index (χ1n) is 14.8. The van der Waals surface area contributed by atoms with Crippen LogP contribution in [0.5, 0.6) is 0 Å². The molecule has 218 valence electrons. The van der Waals surface area contributed by atoms with E-state index in [1.165, 1.54) is 32.4 Å². The van der Waals surface area contributed by atoms with Gasteiger partial charge in [0.05, 0.1) is 11.7 Å². The number of aromatic amines is 1. The number of hydrogen-bond donors (Lipinski definition) is 1. The number of ether oxygens (including phenoxy) is 2. The molecule has 0 bridgehead atoms. The maximum Gasteiger partial charge on any atom is 0.332 e. The predicted molar refractivity (Wildman–Crippen MR) is 156 cm³/mol. The van der Waals surface area contributed by atoms with Gasteiger partial charge in [-0.1, -0.05) is 39.2 Å². The second-order valence-electron chi connectivity index (χ2n) is 11.7. The zero-order valence-electron chi connectivity index (χ0n) is 24.5. The Hall–Kier alpha value is -2.84. The van der Waals surface area contributed by atoms with Crippen LogP contribution < -0.4 is 0 Å². The Labute approximate surface area is 237 Å². The molecule has 2 aromatic heterocycles. The van der Waals surface area contributed by atoms with Gasteiger partial charge in [-0.15, -0.1) is 0 Å². The van der Waals surface area contributed by atoms with Gasteiger partial charge in [0.2, 0.25) is 0 Å². The Bertz CT molecular complexity index is 1210. The highest BCUT2D eigenvalue weighted by Gasteiger charge is 2.47. The highest BCUT2D eigenvalue weighted by atomic mass is 19.1. The van der Waals surface area contributed by atoms with E-state index in [9.17, 15) is 9.18 Å². The molecule has 2 heterocycles. The SMILES string of the molecule is COCC(=O)O[C@]1(CCN(C)CCCCCCCc2nc3cnccc3[nH]2)CCc2cc(F)ccc2[C@@H]1C(C)C. The summed E-state index contributed by atoms with van der Waals surface area (Å²) in [7, 11) is 3.66. The molecule has 1 aliphatic carbocycles. The lowest BCUT2D eigenvalue weighted by Crippen LogP contribution is -2.49. The monoisotopic (exact) mass is 552 g/mol. The highest BCUT2D eigenvalue weighted by molar-refractivity contribution is 5.73. The summed E-state index contributed by atoms with van der Waals surface area (Å²) >= 11 is 0. The van der Waals surface area contributed by atoms with Crippen molar-refractivity contribution in [2.45, 2.75) is 83.2 Å². The van der Waals surface area contributed by atoms with Crippen LogP contribution in [-0.2, 0) is 27.1 Å². The largest absolute Gasteiger partial charge is 0.457 e. The minimum absolute atomic E-state index is 0.00840. The molecule has 0 unspecified atom stereocenters. The Morgan fingerprint density at radius 3 is 2.75 bits per heavy atom. The molecule has 0 radical (unpaired) electrons. The number of methoxy groups -OCH3 is 1. The third-order valence-electron chi connectivity index (χ3n) is 8.27. The van der Waals surface area contributed by atoms with Crippen LogP contribution in [0.4, 0.5) is 4.39 Å². The van der Waals surface area contributed by atoms with Crippen molar-refractivity contribution in [3.05, 3.63) is 59.4 Å². The Morgan fingerprint density at radius 2 is 1.98 bits per heavy atom. The molecule has 8 heteroatoms. The molecule has 40 heavy (non-hydrogen) atoms. The number of nitrogens with zero attached hydrogens (tertiary/aromatic N) is 3. The molecule has 0 aliphatic heterocycles. The van der Waals surface area contributed by atoms with Gasteiger partial charge in [-0.2, -0.15) is 0 Å². The Kier molecular flexibility index (Phi) is 10.7. The van der Waals surface area contributed by atoms with E-state index in [1.54, 1.807) is 18.5 Å². The zero-order chi connectivity index (χ0) is 28.5. The van der Waals surface area contributed by atoms with Crippen LogP contribution in [0.2, 0.25) is 0 Å². The van der Waals surface area contributed by atoms with E-state index < -0.39 is 5.60 Å². The molecule has 1 aromatic carbocycles. The number of aryl methyl sites for hydroxylation is 2. The summed E-state index contributed by atoms with van der Waals surface area (Å²) in [5.74, 6) is 0.742. The third-order valence-corrected chi connectivity index (χ3v) is 8.27. The van der Waals surface area contributed by atoms with E-state index in [2.05, 4.69) is 40.7 Å². The number of pyridine rings is 1. The summed E-state index contributed by atoms with van der Waals surface area (Å²) < 4.78 is 25.3. The van der Waals surface area contributed by atoms with Gasteiger partial charge >= 0.3 is 5.97 Å². The van der Waals surface area contributed by atoms with Crippen molar-refractivity contribution in [1.29, 1.82) is 0 Å². The maximum atomic E-state index is 14.0. The van der Waals surface area contributed by atoms with Crippen molar-refractivity contribution < 1.29 is 18.7 Å². The fourth-order valence-electron chi connectivity index (χ4n) is 6.39. The van der Waals surface area contributed by atoms with Gasteiger partial charge in [0.15, 0.2) is 0 Å². The van der Waals surface area contributed by atoms with Crippen molar-refractivity contribution in [3.63, 3.8) is 0 Å². The number of H-pyrrole nitrogens is 1. The molecule has 0 fully saturated rings. The zero-order valence-corrected chi connectivity index (χ0v) is 24.5. The molecule has 2 atom stereocenters. The molecule has 1 N–H and O–H groups in total. The Morgan fingerprint density at radius 1 is 1.18 bits per heavy atom. The number of esters is 1. The summed E-state index contributed by atoms with van der Waals surface area (Å²) in [6, 6.07) is 7.03. The number of fused-ring (bicyclic) bond motifs is 2. The minimum Gasteiger partial charge on any atom is -0.457 e. The number of unbranched alkanes of at least 4 members (excludes halogenated alkanes) is 4. The van der Waals surface area contributed by atoms with Crippen molar-refractivity contribution in [2.75, 3.05) is 33.9 Å². The number of carbonyl (C=O) groups is 1. The summed E-state index contributed by atoms with van der Waals surface area (Å²) in [5, 5.41) is 0. The fraction of sp³-hybridized carbons (Fsp3) is 0.594. The van der Waals surface area contributed by atoms with Gasteiger partial charge in [0.1, 0.15) is 29.4 Å². The summed E-state index contributed by atoms with van der Waals surface area (Å²) in [6.07, 6.45) is 12.5. The number of hydrogen-bond acceptors (Lipinski definition) is 6. The molecule has 0 spiro atoms. The van der Waals surface area contributed by atoms with Crippen molar-refractivity contribution >= 4 is 17.0 Å². The van der Waals surface area contributed by atoms with Crippen LogP contribution in [0.25, 0.3) is 11.0 Å². The molecule has 0 saturated heterocycles. The van der Waals surface area contributed by atoms with Gasteiger partial charge in [-0.05, 0) is 74.5 Å². The van der Waals surface area contributed by atoms with Crippen LogP contribution in [0.15, 0.2) is 36.7 Å². The van der Waals surface area contributed by atoms with Gasteiger partial charge in [-0.3, -0.25) is 4.98 Å². The third kappa shape index (κ3) is 7.67. The highest BCUT2D eigenvalue weighted by Crippen LogP contribution is 2.48. The second-order valence-corrected chi connectivity index (χ2v) is 11.7. The number of carbonyl (C=O) groups excluding carboxylic acids is 1. The van der Waals surface area contributed by atoms with Crippen molar-refractivity contribution in [1.82, 2.24) is 19.9 Å². The Balaban J connectivity index is 1.26. The smallest absolute Gasteiger partial charge is 0.332 e. The number of imidazole rings is 1. The van der Waals surface area contributed by atoms with E-state index in [1.807, 2.05) is 12.1 Å². The molecule has 3 aromatic rings. The van der Waals surface area contributed by atoms with E-state index in [0.717, 1.165) is 66.8 Å². The van der Waals surface area contributed by atoms with Gasteiger partial charge in [-0.25, -0.2) is 14.2 Å². The van der Waals surface area contributed by atoms with Crippen LogP contribution in [-0.4, -0.2) is 65.3 Å². The van der Waals surface area contributed by atoms with Crippen LogP contribution >= 0.6 is 0 Å². The quantitative estimate of drug-likeness (QED) is 0.178.